The molecule has 0 spiro atoms. The molecule has 22 heavy (non-hydrogen) atoms. The highest BCUT2D eigenvalue weighted by Crippen LogP contribution is 2.25. The molecule has 0 fully saturated rings. The van der Waals surface area contributed by atoms with Crippen LogP contribution in [0.5, 0.6) is 0 Å². The highest BCUT2D eigenvalue weighted by Gasteiger charge is 2.15. The van der Waals surface area contributed by atoms with Gasteiger partial charge in [-0.05, 0) is 33.3 Å². The predicted octanol–water partition coefficient (Wildman–Crippen LogP) is 3.02. The van der Waals surface area contributed by atoms with Crippen LogP contribution >= 0.6 is 0 Å². The highest BCUT2D eigenvalue weighted by molar-refractivity contribution is 5.71. The van der Waals surface area contributed by atoms with Gasteiger partial charge in [-0.2, -0.15) is 0 Å². The molecule has 0 aliphatic heterocycles. The van der Waals surface area contributed by atoms with Crippen molar-refractivity contribution < 1.29 is 14.5 Å². The maximum Gasteiger partial charge on any atom is 0.407 e. The van der Waals surface area contributed by atoms with Crippen LogP contribution in [-0.2, 0) is 4.74 Å². The molecule has 1 aromatic rings. The molecule has 7 heteroatoms. The van der Waals surface area contributed by atoms with Crippen LogP contribution in [0.2, 0.25) is 0 Å². The van der Waals surface area contributed by atoms with E-state index in [2.05, 4.69) is 5.32 Å². The Balaban J connectivity index is 2.71. The summed E-state index contributed by atoms with van der Waals surface area (Å²) >= 11 is 0. The van der Waals surface area contributed by atoms with Gasteiger partial charge < -0.3 is 15.8 Å². The first-order chi connectivity index (χ1) is 10.1. The zero-order chi connectivity index (χ0) is 16.9. The predicted molar refractivity (Wildman–Crippen MR) is 85.5 cm³/mol. The number of carbonyl (C=O) groups excluding carboxylic acids is 1. The molecule has 0 saturated heterocycles. The normalized spacial score (nSPS) is 11.5. The van der Waals surface area contributed by atoms with Crippen LogP contribution in [0.4, 0.5) is 16.2 Å². The molecule has 120 valence electrons. The van der Waals surface area contributed by atoms with Crippen molar-refractivity contribution >= 4 is 23.5 Å². The van der Waals surface area contributed by atoms with Crippen molar-refractivity contribution in [2.75, 3.05) is 12.3 Å². The van der Waals surface area contributed by atoms with Crippen LogP contribution in [0, 0.1) is 17.0 Å². The lowest BCUT2D eigenvalue weighted by atomic mass is 10.1. The minimum atomic E-state index is -0.560. The van der Waals surface area contributed by atoms with Gasteiger partial charge in [-0.1, -0.05) is 12.2 Å². The lowest BCUT2D eigenvalue weighted by molar-refractivity contribution is -0.384. The first-order valence-corrected chi connectivity index (χ1v) is 6.78. The summed E-state index contributed by atoms with van der Waals surface area (Å²) in [6.07, 6.45) is 2.76. The van der Waals surface area contributed by atoms with Gasteiger partial charge in [0.2, 0.25) is 0 Å². The molecule has 0 atom stereocenters. The van der Waals surface area contributed by atoms with Crippen LogP contribution < -0.4 is 11.1 Å². The van der Waals surface area contributed by atoms with Crippen molar-refractivity contribution in [3.8, 4) is 0 Å². The van der Waals surface area contributed by atoms with E-state index in [0.29, 0.717) is 16.8 Å². The Morgan fingerprint density at radius 2 is 2.09 bits per heavy atom. The number of ether oxygens (including phenoxy) is 1. The van der Waals surface area contributed by atoms with Gasteiger partial charge in [-0.25, -0.2) is 4.79 Å². The summed E-state index contributed by atoms with van der Waals surface area (Å²) in [5.74, 6) is 0. The van der Waals surface area contributed by atoms with Gasteiger partial charge in [-0.15, -0.1) is 0 Å². The number of amides is 1. The fraction of sp³-hybridized carbons (Fsp3) is 0.400. The molecule has 0 bridgehead atoms. The van der Waals surface area contributed by atoms with E-state index in [0.717, 1.165) is 0 Å². The van der Waals surface area contributed by atoms with E-state index in [-0.39, 0.29) is 12.2 Å². The third-order valence-corrected chi connectivity index (χ3v) is 2.67. The molecule has 0 aliphatic carbocycles. The van der Waals surface area contributed by atoms with Crippen molar-refractivity contribution in [3.05, 3.63) is 39.4 Å². The molecular formula is C15H21N3O4. The molecule has 1 aromatic carbocycles. The summed E-state index contributed by atoms with van der Waals surface area (Å²) in [6, 6.07) is 2.82. The van der Waals surface area contributed by atoms with Crippen molar-refractivity contribution in [1.82, 2.24) is 5.32 Å². The Morgan fingerprint density at radius 1 is 1.45 bits per heavy atom. The Morgan fingerprint density at radius 3 is 2.64 bits per heavy atom. The standard InChI is InChI=1S/C15H21N3O4/c1-10-8-12(18(20)21)9-11(13(10)16)6-5-7-17-14(19)22-15(2,3)4/h5-6,8-9H,7,16H2,1-4H3,(H,17,19). The number of rotatable bonds is 4. The number of hydrogen-bond donors (Lipinski definition) is 2. The number of nitrogen functional groups attached to an aromatic ring is 1. The number of hydrogen-bond acceptors (Lipinski definition) is 5. The lowest BCUT2D eigenvalue weighted by Gasteiger charge is -2.19. The number of alkyl carbamates (subject to hydrolysis) is 1. The Labute approximate surface area is 129 Å². The second-order valence-electron chi connectivity index (χ2n) is 5.81. The zero-order valence-electron chi connectivity index (χ0n) is 13.2. The number of nitrogens with one attached hydrogen (secondary N) is 1. The Kier molecular flexibility index (Phi) is 5.50. The molecule has 0 radical (unpaired) electrons. The van der Waals surface area contributed by atoms with Gasteiger partial charge >= 0.3 is 6.09 Å². The van der Waals surface area contributed by atoms with E-state index < -0.39 is 16.6 Å². The average molecular weight is 307 g/mol. The van der Waals surface area contributed by atoms with Crippen molar-refractivity contribution in [3.63, 3.8) is 0 Å². The van der Waals surface area contributed by atoms with Gasteiger partial charge in [0.25, 0.3) is 5.69 Å². The van der Waals surface area contributed by atoms with Gasteiger partial charge in [0.1, 0.15) is 5.60 Å². The second-order valence-corrected chi connectivity index (χ2v) is 5.81. The van der Waals surface area contributed by atoms with E-state index in [1.165, 1.54) is 12.1 Å². The lowest BCUT2D eigenvalue weighted by Crippen LogP contribution is -2.32. The summed E-state index contributed by atoms with van der Waals surface area (Å²) in [7, 11) is 0. The number of nitrogens with zero attached hydrogens (tertiary/aromatic N) is 1. The fourth-order valence-corrected chi connectivity index (χ4v) is 1.69. The Bertz CT molecular complexity index is 604. The monoisotopic (exact) mass is 307 g/mol. The van der Waals surface area contributed by atoms with E-state index in [1.807, 2.05) is 0 Å². The van der Waals surface area contributed by atoms with E-state index in [9.17, 15) is 14.9 Å². The van der Waals surface area contributed by atoms with Crippen molar-refractivity contribution in [1.29, 1.82) is 0 Å². The third kappa shape index (κ3) is 5.43. The molecule has 0 heterocycles. The number of non-ortho nitro benzene ring substituents is 1. The minimum absolute atomic E-state index is 0.0218. The quantitative estimate of drug-likeness (QED) is 0.505. The number of carbonyl (C=O) groups is 1. The number of nitro groups is 1. The number of nitro benzene ring substituents is 1. The molecular weight excluding hydrogens is 286 g/mol. The molecule has 3 N–H and O–H groups in total. The number of nitrogens with two attached hydrogens (primary N) is 1. The fourth-order valence-electron chi connectivity index (χ4n) is 1.69. The first kappa shape index (κ1) is 17.5. The summed E-state index contributed by atoms with van der Waals surface area (Å²) in [5, 5.41) is 13.4. The summed E-state index contributed by atoms with van der Waals surface area (Å²) in [5.41, 5.74) is 6.95. The average Bonchev–Trinajstić information content (AvgIpc) is 2.36. The van der Waals surface area contributed by atoms with Crippen LogP contribution in [0.15, 0.2) is 18.2 Å². The van der Waals surface area contributed by atoms with E-state index >= 15 is 0 Å². The number of benzene rings is 1. The van der Waals surface area contributed by atoms with Crippen LogP contribution in [0.1, 0.15) is 31.9 Å². The molecule has 0 saturated carbocycles. The molecule has 0 aromatic heterocycles. The van der Waals surface area contributed by atoms with Crippen molar-refractivity contribution in [2.45, 2.75) is 33.3 Å². The van der Waals surface area contributed by atoms with Crippen molar-refractivity contribution in [2.24, 2.45) is 0 Å². The van der Waals surface area contributed by atoms with Gasteiger partial charge in [0.15, 0.2) is 0 Å². The smallest absolute Gasteiger partial charge is 0.407 e. The third-order valence-electron chi connectivity index (χ3n) is 2.67. The maximum absolute atomic E-state index is 11.5. The zero-order valence-corrected chi connectivity index (χ0v) is 13.2. The molecule has 7 nitrogen and oxygen atoms in total. The number of anilines is 1. The largest absolute Gasteiger partial charge is 0.444 e. The highest BCUT2D eigenvalue weighted by atomic mass is 16.6. The molecule has 0 aliphatic rings. The van der Waals surface area contributed by atoms with Gasteiger partial charge in [0.05, 0.1) is 4.92 Å². The van der Waals surface area contributed by atoms with Gasteiger partial charge in [-0.3, -0.25) is 10.1 Å². The van der Waals surface area contributed by atoms with Crippen LogP contribution in [0.25, 0.3) is 6.08 Å². The Hall–Kier alpha value is -2.57. The first-order valence-electron chi connectivity index (χ1n) is 6.78. The molecule has 1 rings (SSSR count). The maximum atomic E-state index is 11.5. The molecule has 1 amide bonds. The number of aryl methyl sites for hydroxylation is 1. The molecule has 0 unspecified atom stereocenters. The summed E-state index contributed by atoms with van der Waals surface area (Å²) in [6.45, 7) is 7.26. The van der Waals surface area contributed by atoms with E-state index in [1.54, 1.807) is 39.8 Å². The summed E-state index contributed by atoms with van der Waals surface area (Å²) < 4.78 is 5.09. The van der Waals surface area contributed by atoms with Gasteiger partial charge in [0, 0.05) is 29.9 Å². The van der Waals surface area contributed by atoms with E-state index in [4.69, 9.17) is 10.5 Å². The van der Waals surface area contributed by atoms with Crippen LogP contribution in [-0.4, -0.2) is 23.2 Å². The topological polar surface area (TPSA) is 107 Å². The second kappa shape index (κ2) is 6.93. The van der Waals surface area contributed by atoms with Crippen LogP contribution in [0.3, 0.4) is 0 Å². The minimum Gasteiger partial charge on any atom is -0.444 e. The SMILES string of the molecule is Cc1cc([N+](=O)[O-])cc(C=CCNC(=O)OC(C)(C)C)c1N. The summed E-state index contributed by atoms with van der Waals surface area (Å²) in [4.78, 5) is 21.8.